The van der Waals surface area contributed by atoms with Crippen LogP contribution >= 0.6 is 23.1 Å². The van der Waals surface area contributed by atoms with Gasteiger partial charge in [0, 0.05) is 11.3 Å². The van der Waals surface area contributed by atoms with E-state index in [0.717, 1.165) is 27.7 Å². The maximum Gasteiger partial charge on any atom is 0.226 e. The van der Waals surface area contributed by atoms with Crippen LogP contribution in [0.1, 0.15) is 11.5 Å². The lowest BCUT2D eigenvalue weighted by Gasteiger charge is -1.93. The highest BCUT2D eigenvalue weighted by Crippen LogP contribution is 2.27. The number of aromatic nitrogens is 4. The molecule has 5 nitrogen and oxygen atoms in total. The number of hydrogen-bond acceptors (Lipinski definition) is 6. The van der Waals surface area contributed by atoms with Crippen LogP contribution in [0.3, 0.4) is 0 Å². The maximum absolute atomic E-state index is 5.78. The fraction of sp³-hybridized carbons (Fsp3) is 0.118. The third kappa shape index (κ3) is 3.13. The van der Waals surface area contributed by atoms with Gasteiger partial charge in [0.15, 0.2) is 5.82 Å². The van der Waals surface area contributed by atoms with E-state index >= 15 is 0 Å². The Kier molecular flexibility index (Phi) is 4.18. The molecule has 4 aromatic rings. The summed E-state index contributed by atoms with van der Waals surface area (Å²) < 4.78 is 5.78. The van der Waals surface area contributed by atoms with Gasteiger partial charge < -0.3 is 4.42 Å². The molecule has 4 rings (SSSR count). The Morgan fingerprint density at radius 2 is 2.00 bits per heavy atom. The average molecular weight is 354 g/mol. The van der Waals surface area contributed by atoms with Gasteiger partial charge in [-0.05, 0) is 30.5 Å². The summed E-state index contributed by atoms with van der Waals surface area (Å²) in [5.41, 5.74) is 1.90. The second-order valence-corrected chi connectivity index (χ2v) is 7.01. The molecule has 0 spiro atoms. The fourth-order valence-electron chi connectivity index (χ4n) is 2.23. The van der Waals surface area contributed by atoms with Gasteiger partial charge in [0.2, 0.25) is 11.0 Å². The van der Waals surface area contributed by atoms with Crippen molar-refractivity contribution in [3.63, 3.8) is 0 Å². The molecule has 1 aromatic carbocycles. The summed E-state index contributed by atoms with van der Waals surface area (Å²) in [5.74, 6) is 2.95. The molecule has 0 amide bonds. The zero-order valence-electron chi connectivity index (χ0n) is 12.9. The Morgan fingerprint density at radius 3 is 2.79 bits per heavy atom. The monoisotopic (exact) mass is 354 g/mol. The summed E-state index contributed by atoms with van der Waals surface area (Å²) in [7, 11) is 0. The van der Waals surface area contributed by atoms with Crippen molar-refractivity contribution in [1.29, 1.82) is 0 Å². The third-order valence-electron chi connectivity index (χ3n) is 3.47. The molecule has 3 aromatic heterocycles. The van der Waals surface area contributed by atoms with Gasteiger partial charge in [0.25, 0.3) is 0 Å². The second-order valence-electron chi connectivity index (χ2n) is 5.12. The molecule has 1 N–H and O–H groups in total. The topological polar surface area (TPSA) is 67.6 Å². The number of nitrogens with one attached hydrogen (secondary N) is 1. The molecule has 7 heteroatoms. The molecule has 3 heterocycles. The number of thioether (sulfide) groups is 1. The van der Waals surface area contributed by atoms with Gasteiger partial charge >= 0.3 is 0 Å². The number of hydrogen-bond donors (Lipinski definition) is 1. The molecular weight excluding hydrogens is 340 g/mol. The SMILES string of the molecule is Cc1oc(-c2ccccc2)nc1CSc1n[nH]c(-c2cccs2)n1. The van der Waals surface area contributed by atoms with Gasteiger partial charge in [0.05, 0.1) is 10.6 Å². The Morgan fingerprint density at radius 1 is 1.12 bits per heavy atom. The summed E-state index contributed by atoms with van der Waals surface area (Å²) in [6.07, 6.45) is 0. The van der Waals surface area contributed by atoms with Crippen LogP contribution in [-0.2, 0) is 5.75 Å². The van der Waals surface area contributed by atoms with Crippen LogP contribution in [0.5, 0.6) is 0 Å². The minimum Gasteiger partial charge on any atom is -0.441 e. The number of rotatable bonds is 5. The Balaban J connectivity index is 1.48. The standard InChI is InChI=1S/C17H14N4OS2/c1-11-13(18-16(22-11)12-6-3-2-4-7-12)10-24-17-19-15(20-21-17)14-8-5-9-23-14/h2-9H,10H2,1H3,(H,19,20,21). The Labute approximate surface area is 147 Å². The van der Waals surface area contributed by atoms with Crippen LogP contribution in [0.2, 0.25) is 0 Å². The summed E-state index contributed by atoms with van der Waals surface area (Å²) in [6.45, 7) is 1.93. The lowest BCUT2D eigenvalue weighted by Crippen LogP contribution is -1.85. The van der Waals surface area contributed by atoms with Crippen molar-refractivity contribution in [2.24, 2.45) is 0 Å². The first-order valence-electron chi connectivity index (χ1n) is 7.40. The van der Waals surface area contributed by atoms with Gasteiger partial charge in [-0.2, -0.15) is 0 Å². The number of aromatic amines is 1. The highest BCUT2D eigenvalue weighted by molar-refractivity contribution is 7.98. The molecule has 0 aliphatic carbocycles. The smallest absolute Gasteiger partial charge is 0.226 e. The van der Waals surface area contributed by atoms with E-state index in [0.29, 0.717) is 16.8 Å². The van der Waals surface area contributed by atoms with Crippen LogP contribution in [0.4, 0.5) is 0 Å². The van der Waals surface area contributed by atoms with E-state index in [1.54, 1.807) is 23.1 Å². The summed E-state index contributed by atoms with van der Waals surface area (Å²) in [6, 6.07) is 13.9. The molecule has 24 heavy (non-hydrogen) atoms. The van der Waals surface area contributed by atoms with Crippen LogP contribution < -0.4 is 0 Å². The number of oxazole rings is 1. The zero-order valence-corrected chi connectivity index (χ0v) is 14.5. The molecule has 0 unspecified atom stereocenters. The van der Waals surface area contributed by atoms with E-state index in [-0.39, 0.29) is 0 Å². The normalized spacial score (nSPS) is 11.0. The predicted octanol–water partition coefficient (Wildman–Crippen LogP) is 4.79. The van der Waals surface area contributed by atoms with E-state index < -0.39 is 0 Å². The molecule has 0 saturated heterocycles. The third-order valence-corrected chi connectivity index (χ3v) is 5.21. The number of benzene rings is 1. The van der Waals surface area contributed by atoms with E-state index in [9.17, 15) is 0 Å². The van der Waals surface area contributed by atoms with Gasteiger partial charge in [-0.1, -0.05) is 36.0 Å². The highest BCUT2D eigenvalue weighted by atomic mass is 32.2. The van der Waals surface area contributed by atoms with Crippen LogP contribution in [0.15, 0.2) is 57.4 Å². The minimum atomic E-state index is 0.651. The first-order chi connectivity index (χ1) is 11.8. The van der Waals surface area contributed by atoms with Crippen molar-refractivity contribution >= 4 is 23.1 Å². The number of aryl methyl sites for hydroxylation is 1. The lowest BCUT2D eigenvalue weighted by atomic mass is 10.2. The average Bonchev–Trinajstić information content (AvgIpc) is 3.34. The molecule has 0 saturated carbocycles. The summed E-state index contributed by atoms with van der Waals surface area (Å²) in [4.78, 5) is 10.2. The first-order valence-corrected chi connectivity index (χ1v) is 9.27. The van der Waals surface area contributed by atoms with Crippen LogP contribution in [0.25, 0.3) is 22.2 Å². The van der Waals surface area contributed by atoms with Gasteiger partial charge in [-0.25, -0.2) is 9.97 Å². The van der Waals surface area contributed by atoms with Crippen molar-refractivity contribution in [3.8, 4) is 22.2 Å². The molecule has 0 aliphatic heterocycles. The molecule has 0 aliphatic rings. The molecular formula is C17H14N4OS2. The van der Waals surface area contributed by atoms with Crippen molar-refractivity contribution < 1.29 is 4.42 Å². The Bertz CT molecular complexity index is 929. The van der Waals surface area contributed by atoms with Crippen molar-refractivity contribution in [3.05, 3.63) is 59.3 Å². The molecule has 0 fully saturated rings. The summed E-state index contributed by atoms with van der Waals surface area (Å²) >= 11 is 3.18. The number of thiophene rings is 1. The molecule has 120 valence electrons. The second kappa shape index (κ2) is 6.62. The molecule has 0 bridgehead atoms. The van der Waals surface area contributed by atoms with E-state index in [1.165, 1.54) is 0 Å². The van der Waals surface area contributed by atoms with Crippen molar-refractivity contribution in [2.75, 3.05) is 0 Å². The number of nitrogens with zero attached hydrogens (tertiary/aromatic N) is 3. The van der Waals surface area contributed by atoms with Crippen molar-refractivity contribution in [2.45, 2.75) is 17.8 Å². The maximum atomic E-state index is 5.78. The largest absolute Gasteiger partial charge is 0.441 e. The van der Waals surface area contributed by atoms with Crippen LogP contribution in [0, 0.1) is 6.92 Å². The summed E-state index contributed by atoms with van der Waals surface area (Å²) in [5, 5.41) is 9.96. The Hall–Kier alpha value is -2.38. The predicted molar refractivity (Wildman–Crippen MR) is 95.9 cm³/mol. The highest BCUT2D eigenvalue weighted by Gasteiger charge is 2.13. The van der Waals surface area contributed by atoms with E-state index in [1.807, 2.05) is 54.8 Å². The van der Waals surface area contributed by atoms with Crippen molar-refractivity contribution in [1.82, 2.24) is 20.2 Å². The number of H-pyrrole nitrogens is 1. The minimum absolute atomic E-state index is 0.651. The molecule has 0 atom stereocenters. The van der Waals surface area contributed by atoms with Gasteiger partial charge in [-0.15, -0.1) is 16.4 Å². The fourth-order valence-corrected chi connectivity index (χ4v) is 3.70. The van der Waals surface area contributed by atoms with E-state index in [4.69, 9.17) is 4.42 Å². The van der Waals surface area contributed by atoms with Crippen LogP contribution in [-0.4, -0.2) is 20.2 Å². The first kappa shape index (κ1) is 15.2. The van der Waals surface area contributed by atoms with Gasteiger partial charge in [0.1, 0.15) is 5.76 Å². The van der Waals surface area contributed by atoms with Gasteiger partial charge in [-0.3, -0.25) is 5.10 Å². The quantitative estimate of drug-likeness (QED) is 0.522. The molecule has 0 radical (unpaired) electrons. The van der Waals surface area contributed by atoms with E-state index in [2.05, 4.69) is 20.2 Å². The zero-order chi connectivity index (χ0) is 16.4. The lowest BCUT2D eigenvalue weighted by molar-refractivity contribution is 0.540.